The number of aromatic nitrogens is 1. The van der Waals surface area contributed by atoms with Crippen LogP contribution in [0.5, 0.6) is 0 Å². The van der Waals surface area contributed by atoms with Gasteiger partial charge in [0.15, 0.2) is 5.78 Å². The number of ketones is 1. The van der Waals surface area contributed by atoms with Gasteiger partial charge in [0.05, 0.1) is 11.5 Å². The number of para-hydroxylation sites is 1. The molecule has 2 aromatic rings. The van der Waals surface area contributed by atoms with Gasteiger partial charge < -0.3 is 9.88 Å². The van der Waals surface area contributed by atoms with Crippen LogP contribution >= 0.6 is 11.8 Å². The molecule has 1 aromatic carbocycles. The molecule has 1 aliphatic rings. The van der Waals surface area contributed by atoms with Crippen molar-refractivity contribution in [1.82, 2.24) is 4.57 Å². The number of amides is 1. The highest BCUT2D eigenvalue weighted by molar-refractivity contribution is 8.00. The van der Waals surface area contributed by atoms with Gasteiger partial charge in [-0.2, -0.15) is 0 Å². The van der Waals surface area contributed by atoms with Crippen LogP contribution in [0, 0.1) is 13.8 Å². The lowest BCUT2D eigenvalue weighted by Crippen LogP contribution is -2.15. The summed E-state index contributed by atoms with van der Waals surface area (Å²) in [5.41, 5.74) is 3.80. The Labute approximate surface area is 146 Å². The molecule has 1 N–H and O–H groups in total. The maximum Gasteiger partial charge on any atom is 0.234 e. The molecule has 0 atom stereocenters. The Bertz CT molecular complexity index is 748. The van der Waals surface area contributed by atoms with E-state index in [2.05, 4.69) is 16.8 Å². The van der Waals surface area contributed by atoms with Crippen molar-refractivity contribution in [3.05, 3.63) is 53.3 Å². The zero-order chi connectivity index (χ0) is 17.1. The van der Waals surface area contributed by atoms with Gasteiger partial charge in [0.2, 0.25) is 5.91 Å². The first-order chi connectivity index (χ1) is 11.6. The van der Waals surface area contributed by atoms with E-state index in [1.165, 1.54) is 24.6 Å². The standard InChI is InChI=1S/C19H22N2O2S/c1-13-10-17(14(2)21(13)16-8-9-16)18(22)11-24-12-19(23)20-15-6-4-3-5-7-15/h3-7,10,16H,8-9,11-12H2,1-2H3,(H,20,23). The molecule has 0 aliphatic heterocycles. The minimum Gasteiger partial charge on any atom is -0.345 e. The van der Waals surface area contributed by atoms with Crippen molar-refractivity contribution in [1.29, 1.82) is 0 Å². The Morgan fingerprint density at radius 2 is 1.88 bits per heavy atom. The third-order valence-electron chi connectivity index (χ3n) is 4.22. The zero-order valence-electron chi connectivity index (χ0n) is 14.0. The third kappa shape index (κ3) is 3.90. The van der Waals surface area contributed by atoms with E-state index in [0.29, 0.717) is 11.8 Å². The van der Waals surface area contributed by atoms with Crippen LogP contribution in [0.25, 0.3) is 0 Å². The van der Waals surface area contributed by atoms with Crippen molar-refractivity contribution in [2.24, 2.45) is 0 Å². The highest BCUT2D eigenvalue weighted by atomic mass is 32.2. The van der Waals surface area contributed by atoms with Gasteiger partial charge in [-0.3, -0.25) is 9.59 Å². The van der Waals surface area contributed by atoms with Crippen LogP contribution in [-0.4, -0.2) is 27.8 Å². The lowest BCUT2D eigenvalue weighted by molar-refractivity contribution is -0.113. The minimum absolute atomic E-state index is 0.0811. The van der Waals surface area contributed by atoms with Crippen molar-refractivity contribution in [2.45, 2.75) is 32.7 Å². The maximum atomic E-state index is 12.4. The Balaban J connectivity index is 1.51. The van der Waals surface area contributed by atoms with Gasteiger partial charge in [0, 0.05) is 28.7 Å². The minimum atomic E-state index is -0.0811. The predicted octanol–water partition coefficient (Wildman–Crippen LogP) is 3.99. The van der Waals surface area contributed by atoms with Crippen molar-refractivity contribution in [3.8, 4) is 0 Å². The number of carbonyl (C=O) groups excluding carboxylic acids is 2. The molecule has 1 aliphatic carbocycles. The fourth-order valence-corrected chi connectivity index (χ4v) is 3.69. The molecule has 1 aromatic heterocycles. The molecule has 0 unspecified atom stereocenters. The molecule has 1 saturated carbocycles. The van der Waals surface area contributed by atoms with E-state index < -0.39 is 0 Å². The molecule has 1 amide bonds. The third-order valence-corrected chi connectivity index (χ3v) is 5.15. The van der Waals surface area contributed by atoms with Crippen molar-refractivity contribution < 1.29 is 9.59 Å². The fraction of sp³-hybridized carbons (Fsp3) is 0.368. The molecular formula is C19H22N2O2S. The lowest BCUT2D eigenvalue weighted by atomic mass is 10.2. The largest absolute Gasteiger partial charge is 0.345 e. The summed E-state index contributed by atoms with van der Waals surface area (Å²) in [6, 6.07) is 11.9. The molecule has 24 heavy (non-hydrogen) atoms. The highest BCUT2D eigenvalue weighted by Gasteiger charge is 2.28. The molecule has 0 radical (unpaired) electrons. The number of aryl methyl sites for hydroxylation is 1. The summed E-state index contributed by atoms with van der Waals surface area (Å²) in [4.78, 5) is 24.4. The number of anilines is 1. The number of rotatable bonds is 7. The van der Waals surface area contributed by atoms with E-state index in [9.17, 15) is 9.59 Å². The molecule has 0 bridgehead atoms. The highest BCUT2D eigenvalue weighted by Crippen LogP contribution is 2.38. The Hall–Kier alpha value is -2.01. The summed E-state index contributed by atoms with van der Waals surface area (Å²) in [5, 5.41) is 2.83. The van der Waals surface area contributed by atoms with E-state index in [1.54, 1.807) is 0 Å². The number of thioether (sulfide) groups is 1. The molecule has 1 fully saturated rings. The number of carbonyl (C=O) groups is 2. The van der Waals surface area contributed by atoms with Gasteiger partial charge in [-0.05, 0) is 44.9 Å². The van der Waals surface area contributed by atoms with Gasteiger partial charge in [0.25, 0.3) is 0 Å². The molecule has 0 spiro atoms. The molecular weight excluding hydrogens is 320 g/mol. The first-order valence-electron chi connectivity index (χ1n) is 8.20. The molecule has 0 saturated heterocycles. The van der Waals surface area contributed by atoms with E-state index in [0.717, 1.165) is 22.6 Å². The van der Waals surface area contributed by atoms with Crippen LogP contribution in [0.4, 0.5) is 5.69 Å². The zero-order valence-corrected chi connectivity index (χ0v) is 14.9. The number of hydrogen-bond acceptors (Lipinski definition) is 3. The Morgan fingerprint density at radius 1 is 1.17 bits per heavy atom. The quantitative estimate of drug-likeness (QED) is 0.774. The van der Waals surface area contributed by atoms with Crippen molar-refractivity contribution in [3.63, 3.8) is 0 Å². The maximum absolute atomic E-state index is 12.4. The van der Waals surface area contributed by atoms with Crippen LogP contribution in [0.3, 0.4) is 0 Å². The average Bonchev–Trinajstić information content (AvgIpc) is 3.33. The lowest BCUT2D eigenvalue weighted by Gasteiger charge is -2.07. The van der Waals surface area contributed by atoms with E-state index in [-0.39, 0.29) is 17.4 Å². The van der Waals surface area contributed by atoms with Crippen LogP contribution in [0.2, 0.25) is 0 Å². The second kappa shape index (κ2) is 7.26. The van der Waals surface area contributed by atoms with Crippen molar-refractivity contribution in [2.75, 3.05) is 16.8 Å². The van der Waals surface area contributed by atoms with Gasteiger partial charge in [-0.25, -0.2) is 0 Å². The van der Waals surface area contributed by atoms with Crippen LogP contribution < -0.4 is 5.32 Å². The summed E-state index contributed by atoms with van der Waals surface area (Å²) in [5.74, 6) is 0.633. The first kappa shape index (κ1) is 16.8. The molecule has 4 nitrogen and oxygen atoms in total. The molecule has 5 heteroatoms. The summed E-state index contributed by atoms with van der Waals surface area (Å²) in [6.07, 6.45) is 2.41. The topological polar surface area (TPSA) is 51.1 Å². The van der Waals surface area contributed by atoms with Crippen LogP contribution in [0.15, 0.2) is 36.4 Å². The first-order valence-corrected chi connectivity index (χ1v) is 9.36. The smallest absolute Gasteiger partial charge is 0.234 e. The monoisotopic (exact) mass is 342 g/mol. The number of nitrogens with one attached hydrogen (secondary N) is 1. The predicted molar refractivity (Wildman–Crippen MR) is 98.9 cm³/mol. The van der Waals surface area contributed by atoms with E-state index in [4.69, 9.17) is 0 Å². The van der Waals surface area contributed by atoms with Gasteiger partial charge in [0.1, 0.15) is 0 Å². The average molecular weight is 342 g/mol. The normalized spacial score (nSPS) is 13.8. The summed E-state index contributed by atoms with van der Waals surface area (Å²) < 4.78 is 2.28. The summed E-state index contributed by atoms with van der Waals surface area (Å²) in [6.45, 7) is 4.08. The van der Waals surface area contributed by atoms with Gasteiger partial charge in [-0.15, -0.1) is 11.8 Å². The summed E-state index contributed by atoms with van der Waals surface area (Å²) >= 11 is 1.36. The van der Waals surface area contributed by atoms with E-state index >= 15 is 0 Å². The Morgan fingerprint density at radius 3 is 2.54 bits per heavy atom. The number of nitrogens with zero attached hydrogens (tertiary/aromatic N) is 1. The van der Waals surface area contributed by atoms with E-state index in [1.807, 2.05) is 43.3 Å². The molecule has 126 valence electrons. The number of hydrogen-bond donors (Lipinski definition) is 1. The Kier molecular flexibility index (Phi) is 5.09. The second-order valence-corrected chi connectivity index (χ2v) is 7.20. The second-order valence-electron chi connectivity index (χ2n) is 6.22. The van der Waals surface area contributed by atoms with Crippen LogP contribution in [-0.2, 0) is 4.79 Å². The SMILES string of the molecule is Cc1cc(C(=O)CSCC(=O)Nc2ccccc2)c(C)n1C1CC1. The van der Waals surface area contributed by atoms with Crippen LogP contribution in [0.1, 0.15) is 40.6 Å². The number of Topliss-reactive ketones (excluding diaryl/α,β-unsaturated/α-hetero) is 1. The summed E-state index contributed by atoms with van der Waals surface area (Å²) in [7, 11) is 0. The van der Waals surface area contributed by atoms with Gasteiger partial charge >= 0.3 is 0 Å². The molecule has 3 rings (SSSR count). The number of benzene rings is 1. The van der Waals surface area contributed by atoms with Crippen molar-refractivity contribution >= 4 is 29.1 Å². The van der Waals surface area contributed by atoms with Gasteiger partial charge in [-0.1, -0.05) is 18.2 Å². The molecule has 1 heterocycles. The fourth-order valence-electron chi connectivity index (χ4n) is 2.99.